The van der Waals surface area contributed by atoms with Crippen LogP contribution in [0, 0.1) is 0 Å². The van der Waals surface area contributed by atoms with Gasteiger partial charge in [-0.1, -0.05) is 23.7 Å². The zero-order valence-electron chi connectivity index (χ0n) is 24.2. The number of rotatable bonds is 9. The van der Waals surface area contributed by atoms with Gasteiger partial charge in [-0.15, -0.1) is 0 Å². The first-order chi connectivity index (χ1) is 20.4. The Morgan fingerprint density at radius 1 is 1.05 bits per heavy atom. The van der Waals surface area contributed by atoms with Crippen molar-refractivity contribution in [1.82, 2.24) is 19.9 Å². The number of methoxy groups -OCH3 is 1. The third-order valence-corrected chi connectivity index (χ3v) is 9.50. The molecule has 4 aromatic rings. The lowest BCUT2D eigenvalue weighted by Crippen LogP contribution is -2.36. The van der Waals surface area contributed by atoms with E-state index >= 15 is 0 Å². The Labute approximate surface area is 254 Å². The Hall–Kier alpha value is -3.61. The third kappa shape index (κ3) is 6.81. The minimum atomic E-state index is -4.05. The van der Waals surface area contributed by atoms with Crippen LogP contribution >= 0.6 is 11.6 Å². The Morgan fingerprint density at radius 2 is 1.77 bits per heavy atom. The van der Waals surface area contributed by atoms with E-state index in [4.69, 9.17) is 16.3 Å². The Bertz CT molecular complexity index is 1740. The lowest BCUT2D eigenvalue weighted by molar-refractivity contribution is 0.0189. The van der Waals surface area contributed by atoms with E-state index in [1.807, 2.05) is 0 Å². The highest BCUT2D eigenvalue weighted by molar-refractivity contribution is 7.92. The van der Waals surface area contributed by atoms with Crippen LogP contribution in [0.2, 0.25) is 5.02 Å². The number of hydrogen-bond acceptors (Lipinski definition) is 8. The van der Waals surface area contributed by atoms with Crippen molar-refractivity contribution in [3.05, 3.63) is 65.3 Å². The maximum Gasteiger partial charge on any atom is 0.272 e. The SMILES string of the molecule is COc1nc(NS(=O)(=O)c2ccccc2Cl)ccc1-c1cc(C(C)(F)F)c2nc(N[C@H]3CC[C@H](N(C)C)CC3)ncc2c1. The van der Waals surface area contributed by atoms with E-state index in [1.54, 1.807) is 24.3 Å². The minimum absolute atomic E-state index is 0.0268. The summed E-state index contributed by atoms with van der Waals surface area (Å²) in [6.45, 7) is 0.825. The first-order valence-electron chi connectivity index (χ1n) is 13.8. The van der Waals surface area contributed by atoms with Crippen LogP contribution in [-0.2, 0) is 15.9 Å². The molecule has 228 valence electrons. The normalized spacial score (nSPS) is 17.7. The number of pyridine rings is 1. The molecule has 9 nitrogen and oxygen atoms in total. The first kappa shape index (κ1) is 30.8. The summed E-state index contributed by atoms with van der Waals surface area (Å²) in [5.41, 5.74) is 0.648. The number of sulfonamides is 1. The molecule has 0 saturated heterocycles. The lowest BCUT2D eigenvalue weighted by Gasteiger charge is -2.33. The minimum Gasteiger partial charge on any atom is -0.480 e. The van der Waals surface area contributed by atoms with Crippen molar-refractivity contribution in [2.75, 3.05) is 31.2 Å². The third-order valence-electron chi connectivity index (χ3n) is 7.65. The fourth-order valence-electron chi connectivity index (χ4n) is 5.35. The molecule has 1 aliphatic carbocycles. The molecule has 0 radical (unpaired) electrons. The van der Waals surface area contributed by atoms with Gasteiger partial charge in [-0.3, -0.25) is 4.72 Å². The maximum atomic E-state index is 15.0. The van der Waals surface area contributed by atoms with Crippen LogP contribution in [0.1, 0.15) is 38.2 Å². The predicted molar refractivity (Wildman–Crippen MR) is 165 cm³/mol. The van der Waals surface area contributed by atoms with Gasteiger partial charge in [0.05, 0.1) is 17.6 Å². The molecule has 1 aliphatic rings. The zero-order valence-corrected chi connectivity index (χ0v) is 25.8. The second-order valence-electron chi connectivity index (χ2n) is 10.9. The van der Waals surface area contributed by atoms with Crippen LogP contribution < -0.4 is 14.8 Å². The highest BCUT2D eigenvalue weighted by Crippen LogP contribution is 2.39. The molecule has 13 heteroatoms. The number of nitrogens with one attached hydrogen (secondary N) is 2. The smallest absolute Gasteiger partial charge is 0.272 e. The van der Waals surface area contributed by atoms with Crippen LogP contribution in [0.5, 0.6) is 5.88 Å². The van der Waals surface area contributed by atoms with Crippen LogP contribution in [0.25, 0.3) is 22.0 Å². The van der Waals surface area contributed by atoms with Gasteiger partial charge in [-0.2, -0.15) is 4.98 Å². The van der Waals surface area contributed by atoms with Gasteiger partial charge < -0.3 is 15.0 Å². The molecule has 0 amide bonds. The fraction of sp³-hybridized carbons (Fsp3) is 0.367. The molecule has 0 aliphatic heterocycles. The van der Waals surface area contributed by atoms with Gasteiger partial charge in [0.1, 0.15) is 10.7 Å². The van der Waals surface area contributed by atoms with E-state index in [0.717, 1.165) is 32.6 Å². The number of ether oxygens (including phenoxy) is 1. The highest BCUT2D eigenvalue weighted by Gasteiger charge is 2.30. The number of halogens is 3. The van der Waals surface area contributed by atoms with Crippen molar-refractivity contribution in [2.45, 2.75) is 55.5 Å². The van der Waals surface area contributed by atoms with Gasteiger partial charge in [0, 0.05) is 41.7 Å². The fourth-order valence-corrected chi connectivity index (χ4v) is 6.87. The molecule has 0 unspecified atom stereocenters. The topological polar surface area (TPSA) is 109 Å². The summed E-state index contributed by atoms with van der Waals surface area (Å²) < 4.78 is 63.6. The van der Waals surface area contributed by atoms with Crippen LogP contribution in [-0.4, -0.2) is 61.6 Å². The Morgan fingerprint density at radius 3 is 2.42 bits per heavy atom. The van der Waals surface area contributed by atoms with E-state index in [1.165, 1.54) is 37.6 Å². The van der Waals surface area contributed by atoms with Gasteiger partial charge in [0.2, 0.25) is 11.8 Å². The molecule has 2 aromatic carbocycles. The molecule has 1 fully saturated rings. The van der Waals surface area contributed by atoms with Crippen molar-refractivity contribution in [3.63, 3.8) is 0 Å². The average Bonchev–Trinajstić information content (AvgIpc) is 2.96. The van der Waals surface area contributed by atoms with E-state index in [9.17, 15) is 17.2 Å². The summed E-state index contributed by atoms with van der Waals surface area (Å²) in [7, 11) is 1.47. The van der Waals surface area contributed by atoms with Gasteiger partial charge >= 0.3 is 0 Å². The monoisotopic (exact) mass is 630 g/mol. The van der Waals surface area contributed by atoms with Crippen LogP contribution in [0.3, 0.4) is 0 Å². The van der Waals surface area contributed by atoms with Crippen molar-refractivity contribution in [3.8, 4) is 17.0 Å². The summed E-state index contributed by atoms with van der Waals surface area (Å²) in [5.74, 6) is -2.89. The lowest BCUT2D eigenvalue weighted by atomic mass is 9.90. The van der Waals surface area contributed by atoms with Crippen LogP contribution in [0.4, 0.5) is 20.5 Å². The number of benzene rings is 2. The van der Waals surface area contributed by atoms with Crippen LogP contribution in [0.15, 0.2) is 59.6 Å². The standard InChI is InChI=1S/C30H33ClF2N6O3S/c1-30(32,33)23-16-18(15-19-17-34-29(37-27(19)23)35-20-9-11-21(12-10-20)39(2)3)22-13-14-26(36-28(22)42-4)38-43(40,41)25-8-6-5-7-24(25)31/h5-8,13-17,20-21H,9-12H2,1-4H3,(H,36,38)(H,34,35,37)/t20-,21-. The summed E-state index contributed by atoms with van der Waals surface area (Å²) in [4.78, 5) is 15.4. The van der Waals surface area contributed by atoms with Gasteiger partial charge in [0.25, 0.3) is 15.9 Å². The van der Waals surface area contributed by atoms with E-state index in [0.29, 0.717) is 28.5 Å². The van der Waals surface area contributed by atoms with Gasteiger partial charge in [-0.25, -0.2) is 27.2 Å². The summed E-state index contributed by atoms with van der Waals surface area (Å²) in [6.07, 6.45) is 5.49. The van der Waals surface area contributed by atoms with Crippen molar-refractivity contribution < 1.29 is 21.9 Å². The molecule has 0 spiro atoms. The average molecular weight is 631 g/mol. The number of anilines is 2. The molecule has 0 atom stereocenters. The molecule has 0 bridgehead atoms. The summed E-state index contributed by atoms with van der Waals surface area (Å²) >= 11 is 6.07. The molecule has 43 heavy (non-hydrogen) atoms. The van der Waals surface area contributed by atoms with E-state index in [2.05, 4.69) is 44.0 Å². The van der Waals surface area contributed by atoms with E-state index in [-0.39, 0.29) is 38.7 Å². The molecule has 2 aromatic heterocycles. The largest absolute Gasteiger partial charge is 0.480 e. The highest BCUT2D eigenvalue weighted by atomic mass is 35.5. The molecule has 5 rings (SSSR count). The number of aromatic nitrogens is 3. The Kier molecular flexibility index (Phi) is 8.73. The molecule has 1 saturated carbocycles. The molecular formula is C30H33ClF2N6O3S. The number of nitrogens with zero attached hydrogens (tertiary/aromatic N) is 4. The summed E-state index contributed by atoms with van der Waals surface area (Å²) in [6, 6.07) is 12.7. The van der Waals surface area contributed by atoms with Crippen molar-refractivity contribution >= 4 is 44.3 Å². The molecule has 2 N–H and O–H groups in total. The molecule has 2 heterocycles. The summed E-state index contributed by atoms with van der Waals surface area (Å²) in [5, 5.41) is 3.81. The van der Waals surface area contributed by atoms with Crippen molar-refractivity contribution in [1.29, 1.82) is 0 Å². The number of fused-ring (bicyclic) bond motifs is 1. The van der Waals surface area contributed by atoms with Gasteiger partial charge in [0.15, 0.2) is 0 Å². The number of alkyl halides is 2. The van der Waals surface area contributed by atoms with Crippen molar-refractivity contribution in [2.24, 2.45) is 0 Å². The van der Waals surface area contributed by atoms with Gasteiger partial charge in [-0.05, 0) is 81.7 Å². The first-order valence-corrected chi connectivity index (χ1v) is 15.7. The second kappa shape index (κ2) is 12.2. The predicted octanol–water partition coefficient (Wildman–Crippen LogP) is 6.55. The second-order valence-corrected chi connectivity index (χ2v) is 13.0. The quantitative estimate of drug-likeness (QED) is 0.214. The number of hydrogen-bond donors (Lipinski definition) is 2. The molecular weight excluding hydrogens is 598 g/mol. The maximum absolute atomic E-state index is 15.0. The zero-order chi connectivity index (χ0) is 30.9. The Balaban J connectivity index is 1.46. The van der Waals surface area contributed by atoms with E-state index < -0.39 is 15.9 Å².